The van der Waals surface area contributed by atoms with E-state index >= 15 is 0 Å². The van der Waals surface area contributed by atoms with E-state index in [9.17, 15) is 14.0 Å². The molecule has 6 nitrogen and oxygen atoms in total. The number of methoxy groups -OCH3 is 2. The van der Waals surface area contributed by atoms with Crippen LogP contribution in [0.5, 0.6) is 5.75 Å². The highest BCUT2D eigenvalue weighted by Gasteiger charge is 2.26. The highest BCUT2D eigenvalue weighted by molar-refractivity contribution is 6.32. The summed E-state index contributed by atoms with van der Waals surface area (Å²) in [5, 5.41) is 0.280. The summed E-state index contributed by atoms with van der Waals surface area (Å²) in [7, 11) is 2.76. The number of carbonyl (C=O) groups excluding carboxylic acids is 2. The van der Waals surface area contributed by atoms with Gasteiger partial charge in [0.05, 0.1) is 24.8 Å². The zero-order chi connectivity index (χ0) is 23.3. The number of ether oxygens (including phenoxy) is 2. The summed E-state index contributed by atoms with van der Waals surface area (Å²) in [5.74, 6) is -0.555. The van der Waals surface area contributed by atoms with Gasteiger partial charge in [0.1, 0.15) is 11.6 Å². The topological polar surface area (TPSA) is 59.1 Å². The number of nitrogens with zero attached hydrogens (tertiary/aromatic N) is 2. The van der Waals surface area contributed by atoms with Gasteiger partial charge in [0.2, 0.25) is 5.91 Å². The molecule has 0 aliphatic carbocycles. The standard InChI is InChI=1S/C24H26ClFN2O4/c1-16-14-27(15-17-4-7-19(26)8-5-17)10-11-28(16)23(29)9-6-18-12-22(31-2)21(25)13-20(18)24(30)32-3/h4-9,12-13,16H,10-11,14-15H2,1-3H3/b9-6+/t16-/m1/s1. The number of carbonyl (C=O) groups is 2. The molecule has 1 amide bonds. The zero-order valence-corrected chi connectivity index (χ0v) is 19.1. The van der Waals surface area contributed by atoms with E-state index in [2.05, 4.69) is 4.90 Å². The fourth-order valence-electron chi connectivity index (χ4n) is 3.76. The van der Waals surface area contributed by atoms with Gasteiger partial charge in [-0.1, -0.05) is 23.7 Å². The minimum atomic E-state index is -0.551. The lowest BCUT2D eigenvalue weighted by atomic mass is 10.1. The molecule has 1 aliphatic rings. The van der Waals surface area contributed by atoms with Crippen LogP contribution in [0.3, 0.4) is 0 Å². The van der Waals surface area contributed by atoms with E-state index in [0.717, 1.165) is 5.56 Å². The van der Waals surface area contributed by atoms with Gasteiger partial charge >= 0.3 is 5.97 Å². The van der Waals surface area contributed by atoms with E-state index in [1.165, 1.54) is 38.5 Å². The van der Waals surface area contributed by atoms with E-state index in [-0.39, 0.29) is 28.4 Å². The molecular formula is C24H26ClFN2O4. The van der Waals surface area contributed by atoms with Gasteiger partial charge in [-0.2, -0.15) is 0 Å². The maximum atomic E-state index is 13.1. The van der Waals surface area contributed by atoms with Crippen LogP contribution >= 0.6 is 11.6 Å². The fourth-order valence-corrected chi connectivity index (χ4v) is 4.00. The van der Waals surface area contributed by atoms with Gasteiger partial charge in [0.15, 0.2) is 0 Å². The minimum Gasteiger partial charge on any atom is -0.495 e. The largest absolute Gasteiger partial charge is 0.495 e. The normalized spacial score (nSPS) is 16.9. The monoisotopic (exact) mass is 460 g/mol. The molecule has 2 aromatic rings. The molecule has 1 heterocycles. The molecular weight excluding hydrogens is 435 g/mol. The molecule has 32 heavy (non-hydrogen) atoms. The van der Waals surface area contributed by atoms with Crippen LogP contribution in [-0.4, -0.2) is 61.6 Å². The van der Waals surface area contributed by atoms with Gasteiger partial charge in [-0.05, 0) is 48.4 Å². The zero-order valence-electron chi connectivity index (χ0n) is 18.3. The van der Waals surface area contributed by atoms with Crippen molar-refractivity contribution in [3.63, 3.8) is 0 Å². The Hall–Kier alpha value is -2.90. The maximum Gasteiger partial charge on any atom is 0.338 e. The summed E-state index contributed by atoms with van der Waals surface area (Å²) in [5.41, 5.74) is 1.76. The second-order valence-electron chi connectivity index (χ2n) is 7.64. The third kappa shape index (κ3) is 5.66. The second kappa shape index (κ2) is 10.6. The number of hydrogen-bond donors (Lipinski definition) is 0. The van der Waals surface area contributed by atoms with Crippen molar-refractivity contribution in [2.75, 3.05) is 33.9 Å². The maximum absolute atomic E-state index is 13.1. The Kier molecular flexibility index (Phi) is 7.88. The van der Waals surface area contributed by atoms with Crippen LogP contribution in [-0.2, 0) is 16.1 Å². The smallest absolute Gasteiger partial charge is 0.338 e. The molecule has 8 heteroatoms. The Morgan fingerprint density at radius 3 is 2.53 bits per heavy atom. The molecule has 3 rings (SSSR count). The van der Waals surface area contributed by atoms with Crippen molar-refractivity contribution in [2.24, 2.45) is 0 Å². The summed E-state index contributed by atoms with van der Waals surface area (Å²) in [6, 6.07) is 9.53. The first-order valence-electron chi connectivity index (χ1n) is 10.2. The Bertz CT molecular complexity index is 1010. The molecule has 1 saturated heterocycles. The number of esters is 1. The van der Waals surface area contributed by atoms with Crippen LogP contribution in [0.4, 0.5) is 4.39 Å². The molecule has 0 saturated carbocycles. The van der Waals surface area contributed by atoms with Crippen molar-refractivity contribution in [3.8, 4) is 5.75 Å². The Labute approximate surface area is 192 Å². The number of hydrogen-bond acceptors (Lipinski definition) is 5. The molecule has 1 fully saturated rings. The Morgan fingerprint density at radius 1 is 1.19 bits per heavy atom. The summed E-state index contributed by atoms with van der Waals surface area (Å²) in [4.78, 5) is 29.0. The lowest BCUT2D eigenvalue weighted by Gasteiger charge is -2.39. The Balaban J connectivity index is 1.68. The number of amides is 1. The molecule has 1 atom stereocenters. The molecule has 0 radical (unpaired) electrons. The van der Waals surface area contributed by atoms with E-state index in [4.69, 9.17) is 21.1 Å². The van der Waals surface area contributed by atoms with Gasteiger partial charge in [-0.3, -0.25) is 9.69 Å². The van der Waals surface area contributed by atoms with Crippen LogP contribution in [0.15, 0.2) is 42.5 Å². The number of piperazine rings is 1. The average molecular weight is 461 g/mol. The molecule has 0 spiro atoms. The van der Waals surface area contributed by atoms with E-state index < -0.39 is 5.97 Å². The predicted molar refractivity (Wildman–Crippen MR) is 121 cm³/mol. The lowest BCUT2D eigenvalue weighted by molar-refractivity contribution is -0.130. The molecule has 0 unspecified atom stereocenters. The SMILES string of the molecule is COC(=O)c1cc(Cl)c(OC)cc1/C=C/C(=O)N1CCN(Cc2ccc(F)cc2)C[C@H]1C. The highest BCUT2D eigenvalue weighted by atomic mass is 35.5. The first-order chi connectivity index (χ1) is 15.3. The first kappa shape index (κ1) is 23.8. The van der Waals surface area contributed by atoms with Crippen molar-refractivity contribution in [1.82, 2.24) is 9.80 Å². The Morgan fingerprint density at radius 2 is 1.91 bits per heavy atom. The number of rotatable bonds is 6. The van der Waals surface area contributed by atoms with Crippen LogP contribution in [0.2, 0.25) is 5.02 Å². The van der Waals surface area contributed by atoms with Crippen LogP contribution in [0.1, 0.15) is 28.4 Å². The quantitative estimate of drug-likeness (QED) is 0.481. The van der Waals surface area contributed by atoms with E-state index in [1.54, 1.807) is 29.2 Å². The van der Waals surface area contributed by atoms with Crippen molar-refractivity contribution in [2.45, 2.75) is 19.5 Å². The summed E-state index contributed by atoms with van der Waals surface area (Å²) in [6.45, 7) is 4.69. The van der Waals surface area contributed by atoms with E-state index in [1.807, 2.05) is 6.92 Å². The van der Waals surface area contributed by atoms with Gasteiger partial charge in [0.25, 0.3) is 0 Å². The number of benzene rings is 2. The van der Waals surface area contributed by atoms with Gasteiger partial charge in [-0.15, -0.1) is 0 Å². The van der Waals surface area contributed by atoms with Crippen molar-refractivity contribution in [1.29, 1.82) is 0 Å². The third-order valence-corrected chi connectivity index (χ3v) is 5.74. The molecule has 0 aromatic heterocycles. The van der Waals surface area contributed by atoms with Crippen LogP contribution in [0.25, 0.3) is 6.08 Å². The van der Waals surface area contributed by atoms with Crippen molar-refractivity contribution < 1.29 is 23.5 Å². The third-order valence-electron chi connectivity index (χ3n) is 5.45. The molecule has 2 aromatic carbocycles. The van der Waals surface area contributed by atoms with Crippen LogP contribution < -0.4 is 4.74 Å². The second-order valence-corrected chi connectivity index (χ2v) is 8.05. The van der Waals surface area contributed by atoms with Gasteiger partial charge in [-0.25, -0.2) is 9.18 Å². The summed E-state index contributed by atoms with van der Waals surface area (Å²) >= 11 is 6.13. The van der Waals surface area contributed by atoms with E-state index in [0.29, 0.717) is 37.5 Å². The minimum absolute atomic E-state index is 0.00109. The average Bonchev–Trinajstić information content (AvgIpc) is 2.78. The molecule has 1 aliphatic heterocycles. The number of halogens is 2. The van der Waals surface area contributed by atoms with Crippen LogP contribution in [0, 0.1) is 5.82 Å². The summed E-state index contributed by atoms with van der Waals surface area (Å²) < 4.78 is 23.2. The first-order valence-corrected chi connectivity index (χ1v) is 10.6. The molecule has 0 N–H and O–H groups in total. The lowest BCUT2D eigenvalue weighted by Crippen LogP contribution is -2.53. The van der Waals surface area contributed by atoms with Crippen molar-refractivity contribution in [3.05, 3.63) is 70.0 Å². The fraction of sp³-hybridized carbons (Fsp3) is 0.333. The van der Waals surface area contributed by atoms with Gasteiger partial charge in [0, 0.05) is 38.3 Å². The highest BCUT2D eigenvalue weighted by Crippen LogP contribution is 2.29. The van der Waals surface area contributed by atoms with Crippen molar-refractivity contribution >= 4 is 29.6 Å². The predicted octanol–water partition coefficient (Wildman–Crippen LogP) is 4.02. The molecule has 0 bridgehead atoms. The summed E-state index contributed by atoms with van der Waals surface area (Å²) in [6.07, 6.45) is 3.02. The van der Waals surface area contributed by atoms with Gasteiger partial charge < -0.3 is 14.4 Å². The molecule has 170 valence electrons.